The van der Waals surface area contributed by atoms with Gasteiger partial charge in [0, 0.05) is 0 Å². The minimum atomic E-state index is -0.133. The lowest BCUT2D eigenvalue weighted by Crippen LogP contribution is -2.62. The molecule has 5 rings (SSSR count). The molecule has 5 aliphatic rings. The number of aliphatic hydroxyl groups is 1. The van der Waals surface area contributed by atoms with Gasteiger partial charge in [-0.15, -0.1) is 0 Å². The second-order valence-electron chi connectivity index (χ2n) is 14.7. The van der Waals surface area contributed by atoms with Crippen molar-refractivity contribution in [2.45, 2.75) is 119 Å². The molecule has 1 heteroatoms. The Morgan fingerprint density at radius 2 is 1.52 bits per heavy atom. The molecule has 31 heavy (non-hydrogen) atoms. The Morgan fingerprint density at radius 1 is 0.806 bits per heavy atom. The van der Waals surface area contributed by atoms with Crippen molar-refractivity contribution >= 4 is 0 Å². The molecule has 1 N–H and O–H groups in total. The number of hydrogen-bond acceptors (Lipinski definition) is 1. The molecular weight excluding hydrogens is 376 g/mol. The summed E-state index contributed by atoms with van der Waals surface area (Å²) in [5.41, 5.74) is 3.65. The number of fused-ring (bicyclic) bond motifs is 7. The molecule has 5 aliphatic carbocycles. The molecule has 0 spiro atoms. The average Bonchev–Trinajstić information content (AvgIpc) is 3.05. The standard InChI is InChI=1S/C30H50O/c1-19(2)20-9-12-24-28(20,6)17-18-29(7)22-10-11-23-26(3,4)25(31)14-15-27(23,5)21(22)13-16-30(24,29)8/h10,19-21,23-25,31H,9,11-18H2,1-8H3/t20-,21+,23+,24-,25-,27-,28-,29-,30+/m1/s1. The maximum Gasteiger partial charge on any atom is 0.0594 e. The molecule has 0 aliphatic heterocycles. The summed E-state index contributed by atoms with van der Waals surface area (Å²) in [5, 5.41) is 10.8. The van der Waals surface area contributed by atoms with Crippen LogP contribution in [0.2, 0.25) is 0 Å². The van der Waals surface area contributed by atoms with E-state index in [4.69, 9.17) is 0 Å². The van der Waals surface area contributed by atoms with Crippen LogP contribution in [0.1, 0.15) is 113 Å². The predicted octanol–water partition coefficient (Wildman–Crippen LogP) is 8.02. The number of rotatable bonds is 1. The fourth-order valence-electron chi connectivity index (χ4n) is 11.2. The lowest BCUT2D eigenvalue weighted by Gasteiger charge is -2.69. The first-order chi connectivity index (χ1) is 14.3. The third kappa shape index (κ3) is 2.60. The van der Waals surface area contributed by atoms with E-state index in [1.165, 1.54) is 51.4 Å². The van der Waals surface area contributed by atoms with Crippen LogP contribution in [-0.2, 0) is 0 Å². The molecular formula is C30H50O. The smallest absolute Gasteiger partial charge is 0.0594 e. The average molecular weight is 427 g/mol. The summed E-state index contributed by atoms with van der Waals surface area (Å²) in [6, 6.07) is 0. The van der Waals surface area contributed by atoms with Crippen molar-refractivity contribution in [3.05, 3.63) is 11.6 Å². The third-order valence-corrected chi connectivity index (χ3v) is 13.3. The molecule has 0 radical (unpaired) electrons. The van der Waals surface area contributed by atoms with Crippen molar-refractivity contribution in [1.82, 2.24) is 0 Å². The Morgan fingerprint density at radius 3 is 2.19 bits per heavy atom. The highest BCUT2D eigenvalue weighted by molar-refractivity contribution is 5.33. The van der Waals surface area contributed by atoms with Gasteiger partial charge in [-0.1, -0.05) is 67.0 Å². The van der Waals surface area contributed by atoms with Crippen molar-refractivity contribution < 1.29 is 5.11 Å². The van der Waals surface area contributed by atoms with Gasteiger partial charge < -0.3 is 5.11 Å². The van der Waals surface area contributed by atoms with Gasteiger partial charge in [-0.3, -0.25) is 0 Å². The van der Waals surface area contributed by atoms with Crippen LogP contribution < -0.4 is 0 Å². The van der Waals surface area contributed by atoms with E-state index in [0.717, 1.165) is 30.1 Å². The van der Waals surface area contributed by atoms with E-state index in [1.54, 1.807) is 0 Å². The van der Waals surface area contributed by atoms with E-state index in [0.29, 0.717) is 27.6 Å². The predicted molar refractivity (Wildman–Crippen MR) is 131 cm³/mol. The summed E-state index contributed by atoms with van der Waals surface area (Å²) in [6.45, 7) is 20.4. The zero-order chi connectivity index (χ0) is 22.6. The number of hydrogen-bond donors (Lipinski definition) is 1. The molecule has 0 amide bonds. The molecule has 0 unspecified atom stereocenters. The molecule has 1 nitrogen and oxygen atoms in total. The van der Waals surface area contributed by atoms with Crippen LogP contribution >= 0.6 is 0 Å². The van der Waals surface area contributed by atoms with Crippen molar-refractivity contribution in [2.24, 2.45) is 56.7 Å². The lowest BCUT2D eigenvalue weighted by molar-refractivity contribution is -0.159. The second-order valence-corrected chi connectivity index (χ2v) is 14.7. The van der Waals surface area contributed by atoms with Crippen molar-refractivity contribution in [2.75, 3.05) is 0 Å². The van der Waals surface area contributed by atoms with Gasteiger partial charge in [0.1, 0.15) is 0 Å². The van der Waals surface area contributed by atoms with Crippen LogP contribution in [0.4, 0.5) is 0 Å². The van der Waals surface area contributed by atoms with Crippen molar-refractivity contribution in [3.63, 3.8) is 0 Å². The van der Waals surface area contributed by atoms with Crippen LogP contribution in [0, 0.1) is 56.7 Å². The largest absolute Gasteiger partial charge is 0.393 e. The van der Waals surface area contributed by atoms with E-state index in [1.807, 2.05) is 5.57 Å². The van der Waals surface area contributed by atoms with Gasteiger partial charge in [0.2, 0.25) is 0 Å². The van der Waals surface area contributed by atoms with E-state index in [2.05, 4.69) is 61.5 Å². The first kappa shape index (κ1) is 22.5. The molecule has 4 saturated carbocycles. The third-order valence-electron chi connectivity index (χ3n) is 13.3. The monoisotopic (exact) mass is 426 g/mol. The van der Waals surface area contributed by atoms with Gasteiger partial charge in [0.15, 0.2) is 0 Å². The maximum absolute atomic E-state index is 10.8. The molecule has 0 bridgehead atoms. The van der Waals surface area contributed by atoms with Gasteiger partial charge in [-0.05, 0) is 114 Å². The molecule has 0 aromatic heterocycles. The summed E-state index contributed by atoms with van der Waals surface area (Å²) in [6.07, 6.45) is 14.5. The van der Waals surface area contributed by atoms with Crippen LogP contribution in [0.25, 0.3) is 0 Å². The first-order valence-corrected chi connectivity index (χ1v) is 13.7. The zero-order valence-corrected chi connectivity index (χ0v) is 21.9. The Balaban J connectivity index is 1.55. The van der Waals surface area contributed by atoms with E-state index >= 15 is 0 Å². The van der Waals surface area contributed by atoms with Crippen molar-refractivity contribution in [1.29, 1.82) is 0 Å². The summed E-state index contributed by atoms with van der Waals surface area (Å²) >= 11 is 0. The number of allylic oxidation sites excluding steroid dienone is 2. The molecule has 0 saturated heterocycles. The van der Waals surface area contributed by atoms with Gasteiger partial charge >= 0.3 is 0 Å². The molecule has 0 heterocycles. The van der Waals surface area contributed by atoms with Gasteiger partial charge in [0.05, 0.1) is 6.10 Å². The minimum Gasteiger partial charge on any atom is -0.393 e. The summed E-state index contributed by atoms with van der Waals surface area (Å²) in [5.74, 6) is 3.99. The van der Waals surface area contributed by atoms with Gasteiger partial charge in [0.25, 0.3) is 0 Å². The normalized spacial score (nSPS) is 55.7. The summed E-state index contributed by atoms with van der Waals surface area (Å²) in [4.78, 5) is 0. The Hall–Kier alpha value is -0.300. The molecule has 9 atom stereocenters. The molecule has 0 aromatic rings. The van der Waals surface area contributed by atoms with E-state index in [-0.39, 0.29) is 11.5 Å². The first-order valence-electron chi connectivity index (χ1n) is 13.7. The van der Waals surface area contributed by atoms with Crippen LogP contribution in [0.3, 0.4) is 0 Å². The Bertz CT molecular complexity index is 777. The summed E-state index contributed by atoms with van der Waals surface area (Å²) in [7, 11) is 0. The SMILES string of the molecule is CC(C)[C@H]1CC[C@@H]2[C@]1(C)CC[C@]1(C)C3=CC[C@H]4C(C)(C)[C@H](O)CC[C@]4(C)[C@H]3CC[C@@]21C. The highest BCUT2D eigenvalue weighted by Gasteiger charge is 2.68. The topological polar surface area (TPSA) is 20.2 Å². The van der Waals surface area contributed by atoms with Gasteiger partial charge in [-0.25, -0.2) is 0 Å². The maximum atomic E-state index is 10.8. The molecule has 0 aromatic carbocycles. The zero-order valence-electron chi connectivity index (χ0n) is 21.9. The quantitative estimate of drug-likeness (QED) is 0.421. The van der Waals surface area contributed by atoms with Crippen molar-refractivity contribution in [3.8, 4) is 0 Å². The van der Waals surface area contributed by atoms with E-state index in [9.17, 15) is 5.11 Å². The van der Waals surface area contributed by atoms with E-state index < -0.39 is 0 Å². The van der Waals surface area contributed by atoms with Gasteiger partial charge in [-0.2, -0.15) is 0 Å². The minimum absolute atomic E-state index is 0.0394. The van der Waals surface area contributed by atoms with Crippen LogP contribution in [0.15, 0.2) is 11.6 Å². The Labute approximate surface area is 192 Å². The Kier molecular flexibility index (Phi) is 4.82. The molecule has 176 valence electrons. The second kappa shape index (κ2) is 6.64. The lowest BCUT2D eigenvalue weighted by atomic mass is 9.35. The van der Waals surface area contributed by atoms with Crippen LogP contribution in [0.5, 0.6) is 0 Å². The fourth-order valence-corrected chi connectivity index (χ4v) is 11.2. The number of aliphatic hydroxyl groups excluding tert-OH is 1. The van der Waals surface area contributed by atoms with Crippen LogP contribution in [-0.4, -0.2) is 11.2 Å². The fraction of sp³-hybridized carbons (Fsp3) is 0.933. The highest BCUT2D eigenvalue weighted by Crippen LogP contribution is 2.76. The highest BCUT2D eigenvalue weighted by atomic mass is 16.3. The molecule has 4 fully saturated rings. The summed E-state index contributed by atoms with van der Waals surface area (Å²) < 4.78 is 0.